The second-order valence-electron chi connectivity index (χ2n) is 4.40. The largest absolute Gasteiger partial charge is 0.320 e. The molecule has 1 aromatic carbocycles. The fourth-order valence-corrected chi connectivity index (χ4v) is 2.14. The van der Waals surface area contributed by atoms with Gasteiger partial charge in [0.2, 0.25) is 0 Å². The van der Waals surface area contributed by atoms with Gasteiger partial charge in [0.25, 0.3) is 0 Å². The van der Waals surface area contributed by atoms with Crippen molar-refractivity contribution in [2.24, 2.45) is 5.73 Å². The van der Waals surface area contributed by atoms with Crippen LogP contribution in [0.2, 0.25) is 0 Å². The molecule has 3 aromatic rings. The molecule has 0 saturated heterocycles. The van der Waals surface area contributed by atoms with Gasteiger partial charge in [-0.2, -0.15) is 5.10 Å². The van der Waals surface area contributed by atoms with Crippen LogP contribution >= 0.6 is 0 Å². The number of hydrogen-bond donors (Lipinski definition) is 1. The summed E-state index contributed by atoms with van der Waals surface area (Å²) in [5, 5.41) is 4.28. The zero-order valence-electron chi connectivity index (χ0n) is 10.1. The van der Waals surface area contributed by atoms with Gasteiger partial charge < -0.3 is 5.73 Å². The third kappa shape index (κ3) is 1.76. The monoisotopic (exact) mass is 238 g/mol. The fourth-order valence-electron chi connectivity index (χ4n) is 2.14. The lowest BCUT2D eigenvalue weighted by molar-refractivity contribution is 0.877. The molecule has 3 rings (SSSR count). The Labute approximate surface area is 105 Å². The standard InChI is InChI=1S/C14H14N4/c1-10-3-2-4-11(7-10)14(15)12-8-17-18-6-5-16-9-13(12)18/h2-9,14H,15H2,1H3. The first-order chi connectivity index (χ1) is 8.75. The number of nitrogens with two attached hydrogens (primary N) is 1. The van der Waals surface area contributed by atoms with Crippen LogP contribution < -0.4 is 5.73 Å². The van der Waals surface area contributed by atoms with Crippen molar-refractivity contribution < 1.29 is 0 Å². The molecule has 0 spiro atoms. The summed E-state index contributed by atoms with van der Waals surface area (Å²) in [4.78, 5) is 4.12. The molecule has 18 heavy (non-hydrogen) atoms. The summed E-state index contributed by atoms with van der Waals surface area (Å²) in [7, 11) is 0. The van der Waals surface area contributed by atoms with Gasteiger partial charge in [-0.05, 0) is 12.5 Å². The van der Waals surface area contributed by atoms with E-state index >= 15 is 0 Å². The lowest BCUT2D eigenvalue weighted by Crippen LogP contribution is -2.11. The molecule has 0 aliphatic rings. The summed E-state index contributed by atoms with van der Waals surface area (Å²) < 4.78 is 1.79. The fraction of sp³-hybridized carbons (Fsp3) is 0.143. The molecule has 4 heteroatoms. The van der Waals surface area contributed by atoms with Crippen molar-refractivity contribution in [1.29, 1.82) is 0 Å². The van der Waals surface area contributed by atoms with Gasteiger partial charge in [0, 0.05) is 18.0 Å². The zero-order valence-corrected chi connectivity index (χ0v) is 10.1. The topological polar surface area (TPSA) is 56.2 Å². The molecule has 0 aliphatic carbocycles. The van der Waals surface area contributed by atoms with E-state index in [1.807, 2.05) is 24.5 Å². The first kappa shape index (κ1) is 10.9. The minimum absolute atomic E-state index is 0.174. The van der Waals surface area contributed by atoms with Crippen molar-refractivity contribution in [1.82, 2.24) is 14.6 Å². The van der Waals surface area contributed by atoms with Crippen molar-refractivity contribution in [2.75, 3.05) is 0 Å². The van der Waals surface area contributed by atoms with Gasteiger partial charge in [-0.3, -0.25) is 4.98 Å². The molecule has 1 unspecified atom stereocenters. The Kier molecular flexibility index (Phi) is 2.57. The number of rotatable bonds is 2. The van der Waals surface area contributed by atoms with Crippen LogP contribution in [-0.2, 0) is 0 Å². The molecule has 0 radical (unpaired) electrons. The predicted molar refractivity (Wildman–Crippen MR) is 70.2 cm³/mol. The molecule has 2 aromatic heterocycles. The van der Waals surface area contributed by atoms with E-state index in [0.29, 0.717) is 0 Å². The summed E-state index contributed by atoms with van der Waals surface area (Å²) in [5.74, 6) is 0. The molecule has 0 fully saturated rings. The Morgan fingerprint density at radius 3 is 3.00 bits per heavy atom. The van der Waals surface area contributed by atoms with Gasteiger partial charge in [-0.15, -0.1) is 0 Å². The van der Waals surface area contributed by atoms with Crippen LogP contribution in [0.25, 0.3) is 5.52 Å². The number of fused-ring (bicyclic) bond motifs is 1. The van der Waals surface area contributed by atoms with Crippen LogP contribution in [0.3, 0.4) is 0 Å². The highest BCUT2D eigenvalue weighted by Crippen LogP contribution is 2.23. The second kappa shape index (κ2) is 4.23. The molecule has 0 bridgehead atoms. The SMILES string of the molecule is Cc1cccc(C(N)c2cnn3ccncc23)c1. The Morgan fingerprint density at radius 1 is 1.28 bits per heavy atom. The summed E-state index contributed by atoms with van der Waals surface area (Å²) >= 11 is 0. The number of aromatic nitrogens is 3. The maximum Gasteiger partial charge on any atom is 0.0896 e. The summed E-state index contributed by atoms with van der Waals surface area (Å²) in [5.41, 5.74) is 10.6. The first-order valence-electron chi connectivity index (χ1n) is 5.85. The third-order valence-corrected chi connectivity index (χ3v) is 3.09. The summed E-state index contributed by atoms with van der Waals surface area (Å²) in [6.45, 7) is 2.06. The normalized spacial score (nSPS) is 12.8. The molecular formula is C14H14N4. The minimum Gasteiger partial charge on any atom is -0.320 e. The van der Waals surface area contributed by atoms with E-state index in [-0.39, 0.29) is 6.04 Å². The van der Waals surface area contributed by atoms with Crippen LogP contribution in [0, 0.1) is 6.92 Å². The van der Waals surface area contributed by atoms with Gasteiger partial charge in [-0.1, -0.05) is 29.8 Å². The quantitative estimate of drug-likeness (QED) is 0.743. The van der Waals surface area contributed by atoms with E-state index in [0.717, 1.165) is 16.6 Å². The van der Waals surface area contributed by atoms with Crippen molar-refractivity contribution in [2.45, 2.75) is 13.0 Å². The minimum atomic E-state index is -0.174. The zero-order chi connectivity index (χ0) is 12.5. The Morgan fingerprint density at radius 2 is 2.17 bits per heavy atom. The average molecular weight is 238 g/mol. The van der Waals surface area contributed by atoms with Crippen LogP contribution in [0.4, 0.5) is 0 Å². The third-order valence-electron chi connectivity index (χ3n) is 3.09. The number of benzene rings is 1. The van der Waals surface area contributed by atoms with E-state index in [4.69, 9.17) is 5.73 Å². The predicted octanol–water partition coefficient (Wildman–Crippen LogP) is 2.09. The highest BCUT2D eigenvalue weighted by atomic mass is 15.2. The van der Waals surface area contributed by atoms with Gasteiger partial charge in [-0.25, -0.2) is 4.52 Å². The highest BCUT2D eigenvalue weighted by molar-refractivity contribution is 5.55. The van der Waals surface area contributed by atoms with Crippen LogP contribution in [0.15, 0.2) is 49.1 Å². The lowest BCUT2D eigenvalue weighted by atomic mass is 10.00. The van der Waals surface area contributed by atoms with Crippen molar-refractivity contribution in [3.8, 4) is 0 Å². The van der Waals surface area contributed by atoms with E-state index in [1.165, 1.54) is 5.56 Å². The molecule has 0 amide bonds. The summed E-state index contributed by atoms with van der Waals surface area (Å²) in [6, 6.07) is 8.05. The molecule has 0 aliphatic heterocycles. The molecular weight excluding hydrogens is 224 g/mol. The molecule has 2 heterocycles. The van der Waals surface area contributed by atoms with Crippen molar-refractivity contribution >= 4 is 5.52 Å². The first-order valence-corrected chi connectivity index (χ1v) is 5.85. The van der Waals surface area contributed by atoms with Crippen molar-refractivity contribution in [3.63, 3.8) is 0 Å². The highest BCUT2D eigenvalue weighted by Gasteiger charge is 2.14. The number of aryl methyl sites for hydroxylation is 1. The lowest BCUT2D eigenvalue weighted by Gasteiger charge is -2.11. The Hall–Kier alpha value is -2.20. The smallest absolute Gasteiger partial charge is 0.0896 e. The number of hydrogen-bond acceptors (Lipinski definition) is 3. The number of nitrogens with zero attached hydrogens (tertiary/aromatic N) is 3. The Balaban J connectivity index is 2.09. The van der Waals surface area contributed by atoms with Crippen LogP contribution in [0.5, 0.6) is 0 Å². The van der Waals surface area contributed by atoms with E-state index in [2.05, 4.69) is 29.1 Å². The van der Waals surface area contributed by atoms with Gasteiger partial charge in [0.05, 0.1) is 24.0 Å². The Bertz CT molecular complexity index is 687. The van der Waals surface area contributed by atoms with E-state index in [1.54, 1.807) is 16.9 Å². The van der Waals surface area contributed by atoms with E-state index in [9.17, 15) is 0 Å². The molecule has 4 nitrogen and oxygen atoms in total. The molecule has 1 atom stereocenters. The van der Waals surface area contributed by atoms with E-state index < -0.39 is 0 Å². The molecule has 0 saturated carbocycles. The average Bonchev–Trinajstić information content (AvgIpc) is 2.82. The van der Waals surface area contributed by atoms with Crippen molar-refractivity contribution in [3.05, 3.63) is 65.7 Å². The molecule has 90 valence electrons. The second-order valence-corrected chi connectivity index (χ2v) is 4.40. The van der Waals surface area contributed by atoms with Gasteiger partial charge in [0.1, 0.15) is 0 Å². The van der Waals surface area contributed by atoms with Crippen LogP contribution in [-0.4, -0.2) is 14.6 Å². The maximum absolute atomic E-state index is 6.31. The maximum atomic E-state index is 6.31. The van der Waals surface area contributed by atoms with Gasteiger partial charge in [0.15, 0.2) is 0 Å². The summed E-state index contributed by atoms with van der Waals surface area (Å²) in [6.07, 6.45) is 7.13. The molecule has 2 N–H and O–H groups in total. The van der Waals surface area contributed by atoms with Crippen LogP contribution in [0.1, 0.15) is 22.7 Å². The van der Waals surface area contributed by atoms with Gasteiger partial charge >= 0.3 is 0 Å².